The first kappa shape index (κ1) is 24.9. The van der Waals surface area contributed by atoms with E-state index in [4.69, 9.17) is 4.74 Å². The molecule has 0 aliphatic heterocycles. The van der Waals surface area contributed by atoms with E-state index >= 15 is 0 Å². The van der Waals surface area contributed by atoms with Crippen molar-refractivity contribution in [1.82, 2.24) is 15.4 Å². The molecule has 0 saturated heterocycles. The summed E-state index contributed by atoms with van der Waals surface area (Å²) in [6, 6.07) is 7.99. The number of hydrogen-bond donors (Lipinski definition) is 3. The first-order chi connectivity index (χ1) is 12.0. The first-order valence-corrected chi connectivity index (χ1v) is 10.3. The zero-order chi connectivity index (χ0) is 18.5. The van der Waals surface area contributed by atoms with Crippen molar-refractivity contribution in [2.45, 2.75) is 26.7 Å². The Morgan fingerprint density at radius 2 is 1.81 bits per heavy atom. The van der Waals surface area contributed by atoms with Crippen molar-refractivity contribution in [2.24, 2.45) is 4.99 Å². The molecule has 150 valence electrons. The average molecular weight is 498 g/mol. The molecule has 0 heterocycles. The second-order valence-electron chi connectivity index (χ2n) is 5.44. The van der Waals surface area contributed by atoms with E-state index in [1.54, 1.807) is 14.0 Å². The normalized spacial score (nSPS) is 11.6. The van der Waals surface area contributed by atoms with E-state index < -0.39 is 10.0 Å². The summed E-state index contributed by atoms with van der Waals surface area (Å²) in [5, 5.41) is 6.47. The lowest BCUT2D eigenvalue weighted by atomic mass is 10.1. The van der Waals surface area contributed by atoms with Gasteiger partial charge in [0.05, 0.1) is 12.9 Å². The van der Waals surface area contributed by atoms with Crippen LogP contribution in [0.3, 0.4) is 0 Å². The summed E-state index contributed by atoms with van der Waals surface area (Å²) in [4.78, 5) is 4.46. The molecule has 7 nitrogen and oxygen atoms in total. The van der Waals surface area contributed by atoms with Gasteiger partial charge >= 0.3 is 0 Å². The van der Waals surface area contributed by atoms with Crippen molar-refractivity contribution in [3.05, 3.63) is 29.8 Å². The van der Waals surface area contributed by atoms with Crippen LogP contribution in [0.15, 0.2) is 29.3 Å². The van der Waals surface area contributed by atoms with E-state index in [2.05, 4.69) is 20.3 Å². The molecule has 1 rings (SSSR count). The van der Waals surface area contributed by atoms with Crippen LogP contribution >= 0.6 is 24.0 Å². The van der Waals surface area contributed by atoms with Gasteiger partial charge in [0.15, 0.2) is 5.96 Å². The van der Waals surface area contributed by atoms with Crippen LogP contribution < -0.4 is 20.1 Å². The van der Waals surface area contributed by atoms with Crippen LogP contribution in [0, 0.1) is 0 Å². The molecule has 0 bridgehead atoms. The van der Waals surface area contributed by atoms with Gasteiger partial charge in [0, 0.05) is 26.2 Å². The molecule has 0 spiro atoms. The Bertz CT molecular complexity index is 621. The summed E-state index contributed by atoms with van der Waals surface area (Å²) in [5.74, 6) is 1.70. The number of benzene rings is 1. The maximum atomic E-state index is 11.3. The lowest BCUT2D eigenvalue weighted by Crippen LogP contribution is -2.38. The highest BCUT2D eigenvalue weighted by atomic mass is 127. The molecule has 3 N–H and O–H groups in total. The van der Waals surface area contributed by atoms with Crippen molar-refractivity contribution < 1.29 is 13.2 Å². The van der Waals surface area contributed by atoms with Gasteiger partial charge in [-0.25, -0.2) is 13.1 Å². The quantitative estimate of drug-likeness (QED) is 0.187. The Morgan fingerprint density at radius 3 is 2.38 bits per heavy atom. The molecule has 26 heavy (non-hydrogen) atoms. The predicted octanol–water partition coefficient (Wildman–Crippen LogP) is 1.74. The fraction of sp³-hybridized carbons (Fsp3) is 0.588. The molecule has 0 amide bonds. The number of ether oxygens (including phenoxy) is 1. The fourth-order valence-corrected chi connectivity index (χ4v) is 2.72. The van der Waals surface area contributed by atoms with Crippen molar-refractivity contribution in [3.63, 3.8) is 0 Å². The molecule has 0 aliphatic carbocycles. The minimum atomic E-state index is -3.12. The maximum absolute atomic E-state index is 11.3. The number of methoxy groups -OCH3 is 1. The van der Waals surface area contributed by atoms with Gasteiger partial charge in [0.2, 0.25) is 10.0 Å². The summed E-state index contributed by atoms with van der Waals surface area (Å²) in [6.07, 6.45) is 1.54. The van der Waals surface area contributed by atoms with Crippen LogP contribution in [-0.4, -0.2) is 53.4 Å². The Labute approximate surface area is 174 Å². The smallest absolute Gasteiger partial charge is 0.211 e. The molecule has 0 fully saturated rings. The van der Waals surface area contributed by atoms with Crippen molar-refractivity contribution in [3.8, 4) is 5.75 Å². The molecule has 0 atom stereocenters. The van der Waals surface area contributed by atoms with E-state index in [9.17, 15) is 8.42 Å². The Kier molecular flexibility index (Phi) is 13.5. The second kappa shape index (κ2) is 14.0. The van der Waals surface area contributed by atoms with Gasteiger partial charge in [0.1, 0.15) is 5.75 Å². The number of guanidine groups is 1. The zero-order valence-electron chi connectivity index (χ0n) is 15.7. The largest absolute Gasteiger partial charge is 0.497 e. The third kappa shape index (κ3) is 10.8. The maximum Gasteiger partial charge on any atom is 0.211 e. The van der Waals surface area contributed by atoms with Crippen LogP contribution in [0.5, 0.6) is 5.75 Å². The summed E-state index contributed by atoms with van der Waals surface area (Å²) in [5.41, 5.74) is 1.22. The molecule has 1 aromatic carbocycles. The van der Waals surface area contributed by atoms with Gasteiger partial charge in [-0.1, -0.05) is 12.1 Å². The third-order valence-electron chi connectivity index (χ3n) is 3.52. The van der Waals surface area contributed by atoms with Gasteiger partial charge in [-0.05, 0) is 44.4 Å². The van der Waals surface area contributed by atoms with Crippen molar-refractivity contribution >= 4 is 40.0 Å². The molecule has 0 aromatic heterocycles. The van der Waals surface area contributed by atoms with Gasteiger partial charge in [-0.3, -0.25) is 4.99 Å². The minimum Gasteiger partial charge on any atom is -0.497 e. The molecule has 0 radical (unpaired) electrons. The predicted molar refractivity (Wildman–Crippen MR) is 118 cm³/mol. The molecular weight excluding hydrogens is 467 g/mol. The highest BCUT2D eigenvalue weighted by molar-refractivity contribution is 14.0. The molecule has 0 saturated carbocycles. The van der Waals surface area contributed by atoms with Gasteiger partial charge in [-0.2, -0.15) is 0 Å². The molecule has 0 unspecified atom stereocenters. The van der Waals surface area contributed by atoms with Crippen molar-refractivity contribution in [2.75, 3.05) is 39.0 Å². The highest BCUT2D eigenvalue weighted by Crippen LogP contribution is 2.11. The van der Waals surface area contributed by atoms with Crippen LogP contribution in [0.4, 0.5) is 0 Å². The number of sulfonamides is 1. The van der Waals surface area contributed by atoms with Crippen LogP contribution in [0.1, 0.15) is 25.8 Å². The topological polar surface area (TPSA) is 91.8 Å². The van der Waals surface area contributed by atoms with Gasteiger partial charge in [0.25, 0.3) is 0 Å². The van der Waals surface area contributed by atoms with E-state index in [-0.39, 0.29) is 29.7 Å². The monoisotopic (exact) mass is 498 g/mol. The minimum absolute atomic E-state index is 0. The lowest BCUT2D eigenvalue weighted by Gasteiger charge is -2.11. The molecule has 0 aliphatic rings. The van der Waals surface area contributed by atoms with Crippen LogP contribution in [-0.2, 0) is 16.4 Å². The first-order valence-electron chi connectivity index (χ1n) is 8.63. The van der Waals surface area contributed by atoms with E-state index in [0.29, 0.717) is 19.5 Å². The van der Waals surface area contributed by atoms with E-state index in [1.807, 2.05) is 31.2 Å². The van der Waals surface area contributed by atoms with E-state index in [1.165, 1.54) is 5.56 Å². The van der Waals surface area contributed by atoms with Gasteiger partial charge < -0.3 is 15.4 Å². The molecule has 1 aromatic rings. The summed E-state index contributed by atoms with van der Waals surface area (Å²) < 4.78 is 30.4. The second-order valence-corrected chi connectivity index (χ2v) is 7.53. The number of rotatable bonds is 11. The number of aliphatic imine (C=N–C) groups is 1. The number of nitrogens with zero attached hydrogens (tertiary/aromatic N) is 1. The lowest BCUT2D eigenvalue weighted by molar-refractivity contribution is 0.414. The highest BCUT2D eigenvalue weighted by Gasteiger charge is 2.04. The van der Waals surface area contributed by atoms with E-state index in [0.717, 1.165) is 31.2 Å². The summed E-state index contributed by atoms with van der Waals surface area (Å²) in [6.45, 7) is 6.14. The summed E-state index contributed by atoms with van der Waals surface area (Å²) >= 11 is 0. The number of nitrogens with one attached hydrogen (secondary N) is 3. The fourth-order valence-electron chi connectivity index (χ4n) is 2.06. The van der Waals surface area contributed by atoms with Crippen LogP contribution in [0.2, 0.25) is 0 Å². The summed E-state index contributed by atoms with van der Waals surface area (Å²) in [7, 11) is -1.46. The number of hydrogen-bond acceptors (Lipinski definition) is 4. The third-order valence-corrected chi connectivity index (χ3v) is 4.92. The zero-order valence-corrected chi connectivity index (χ0v) is 18.9. The number of halogens is 1. The van der Waals surface area contributed by atoms with Gasteiger partial charge in [-0.15, -0.1) is 24.0 Å². The Balaban J connectivity index is 0.00000625. The van der Waals surface area contributed by atoms with Crippen molar-refractivity contribution in [1.29, 1.82) is 0 Å². The van der Waals surface area contributed by atoms with Crippen LogP contribution in [0.25, 0.3) is 0 Å². The molecule has 9 heteroatoms. The SMILES string of the molecule is CCNC(=NCCCNS(=O)(=O)CC)NCCc1ccc(OC)cc1.I. The Morgan fingerprint density at radius 1 is 1.12 bits per heavy atom. The Hall–Kier alpha value is -1.07. The molecular formula is C17H31IN4O3S. The average Bonchev–Trinajstić information content (AvgIpc) is 2.62. The standard InChI is InChI=1S/C17H30N4O3S.HI/c1-4-18-17(19-12-6-13-21-25(22,23)5-2)20-14-11-15-7-9-16(24-3)10-8-15;/h7-10,21H,4-6,11-14H2,1-3H3,(H2,18,19,20);1H.